The van der Waals surface area contributed by atoms with E-state index in [1.54, 1.807) is 0 Å². The highest BCUT2D eigenvalue weighted by atomic mass is 16.6. The highest BCUT2D eigenvalue weighted by molar-refractivity contribution is 5.41. The van der Waals surface area contributed by atoms with Crippen LogP contribution in [0.25, 0.3) is 0 Å². The van der Waals surface area contributed by atoms with Gasteiger partial charge in [-0.2, -0.15) is 0 Å². The van der Waals surface area contributed by atoms with Crippen molar-refractivity contribution in [2.24, 2.45) is 0 Å². The molecule has 2 aromatic carbocycles. The van der Waals surface area contributed by atoms with Gasteiger partial charge in [0.2, 0.25) is 0 Å². The maximum atomic E-state index is 6.13. The minimum absolute atomic E-state index is 0.0360. The molecule has 1 aliphatic heterocycles. The third kappa shape index (κ3) is 2.88. The number of benzene rings is 2. The number of aryl methyl sites for hydroxylation is 2. The third-order valence-corrected chi connectivity index (χ3v) is 3.82. The van der Waals surface area contributed by atoms with Crippen LogP contribution in [0.15, 0.2) is 42.5 Å². The number of para-hydroxylation sites is 2. The third-order valence-electron chi connectivity index (χ3n) is 3.82. The van der Waals surface area contributed by atoms with E-state index in [1.165, 1.54) is 16.7 Å². The minimum Gasteiger partial charge on any atom is -0.486 e. The Balaban J connectivity index is 1.88. The molecule has 3 rings (SSSR count). The van der Waals surface area contributed by atoms with E-state index in [0.717, 1.165) is 11.5 Å². The first-order valence-electron chi connectivity index (χ1n) is 7.31. The van der Waals surface area contributed by atoms with Gasteiger partial charge in [0.1, 0.15) is 6.61 Å². The molecule has 1 aliphatic rings. The van der Waals surface area contributed by atoms with Crippen LogP contribution in [0.2, 0.25) is 0 Å². The standard InChI is InChI=1S/C18H21NO2/c1-12-8-13(2)10-14(9-12)18(19-3)17-11-20-15-6-4-5-7-16(15)21-17/h4-10,17-19H,11H2,1-3H3. The smallest absolute Gasteiger partial charge is 0.161 e. The summed E-state index contributed by atoms with van der Waals surface area (Å²) in [5.74, 6) is 1.64. The number of nitrogens with one attached hydrogen (secondary N) is 1. The molecule has 0 aliphatic carbocycles. The number of hydrogen-bond donors (Lipinski definition) is 1. The summed E-state index contributed by atoms with van der Waals surface area (Å²) in [4.78, 5) is 0. The lowest BCUT2D eigenvalue weighted by atomic mass is 9.97. The van der Waals surface area contributed by atoms with Gasteiger partial charge in [0, 0.05) is 0 Å². The summed E-state index contributed by atoms with van der Waals surface area (Å²) in [6, 6.07) is 14.5. The molecule has 3 nitrogen and oxygen atoms in total. The van der Waals surface area contributed by atoms with Crippen molar-refractivity contribution in [2.75, 3.05) is 13.7 Å². The van der Waals surface area contributed by atoms with Crippen molar-refractivity contribution in [3.8, 4) is 11.5 Å². The van der Waals surface area contributed by atoms with Crippen LogP contribution in [0.5, 0.6) is 11.5 Å². The fourth-order valence-electron chi connectivity index (χ4n) is 2.96. The predicted molar refractivity (Wildman–Crippen MR) is 84.1 cm³/mol. The van der Waals surface area contributed by atoms with Gasteiger partial charge in [-0.05, 0) is 38.6 Å². The van der Waals surface area contributed by atoms with E-state index >= 15 is 0 Å². The summed E-state index contributed by atoms with van der Waals surface area (Å²) in [5, 5.41) is 3.37. The van der Waals surface area contributed by atoms with E-state index in [0.29, 0.717) is 6.61 Å². The highest BCUT2D eigenvalue weighted by Crippen LogP contribution is 2.34. The van der Waals surface area contributed by atoms with Crippen LogP contribution >= 0.6 is 0 Å². The van der Waals surface area contributed by atoms with Gasteiger partial charge in [0.05, 0.1) is 6.04 Å². The summed E-state index contributed by atoms with van der Waals surface area (Å²) < 4.78 is 12.0. The van der Waals surface area contributed by atoms with Gasteiger partial charge in [0.15, 0.2) is 17.6 Å². The Hall–Kier alpha value is -2.00. The molecule has 0 bridgehead atoms. The van der Waals surface area contributed by atoms with Crippen LogP contribution in [-0.2, 0) is 0 Å². The summed E-state index contributed by atoms with van der Waals surface area (Å²) in [5.41, 5.74) is 3.77. The van der Waals surface area contributed by atoms with Crippen molar-refractivity contribution in [2.45, 2.75) is 26.0 Å². The Morgan fingerprint density at radius 3 is 2.38 bits per heavy atom. The quantitative estimate of drug-likeness (QED) is 0.936. The molecule has 21 heavy (non-hydrogen) atoms. The molecule has 110 valence electrons. The summed E-state index contributed by atoms with van der Waals surface area (Å²) >= 11 is 0. The van der Waals surface area contributed by atoms with Crippen molar-refractivity contribution in [3.05, 3.63) is 59.2 Å². The van der Waals surface area contributed by atoms with Crippen LogP contribution < -0.4 is 14.8 Å². The Bertz CT molecular complexity index is 619. The van der Waals surface area contributed by atoms with Gasteiger partial charge in [-0.3, -0.25) is 0 Å². The number of likely N-dealkylation sites (N-methyl/N-ethyl adjacent to an activating group) is 1. The molecule has 0 aromatic heterocycles. The van der Waals surface area contributed by atoms with Crippen LogP contribution in [0.1, 0.15) is 22.7 Å². The molecular weight excluding hydrogens is 262 g/mol. The first-order chi connectivity index (χ1) is 10.2. The molecule has 0 amide bonds. The summed E-state index contributed by atoms with van der Waals surface area (Å²) in [6.07, 6.45) is -0.0360. The predicted octanol–water partition coefficient (Wildman–Crippen LogP) is 3.40. The van der Waals surface area contributed by atoms with Crippen molar-refractivity contribution in [3.63, 3.8) is 0 Å². The van der Waals surface area contributed by atoms with Gasteiger partial charge in [-0.15, -0.1) is 0 Å². The maximum Gasteiger partial charge on any atom is 0.161 e. The van der Waals surface area contributed by atoms with Crippen molar-refractivity contribution < 1.29 is 9.47 Å². The Morgan fingerprint density at radius 2 is 1.71 bits per heavy atom. The van der Waals surface area contributed by atoms with Crippen LogP contribution in [0.3, 0.4) is 0 Å². The number of ether oxygens (including phenoxy) is 2. The molecule has 1 N–H and O–H groups in total. The van der Waals surface area contributed by atoms with E-state index < -0.39 is 0 Å². The summed E-state index contributed by atoms with van der Waals surface area (Å²) in [7, 11) is 1.96. The zero-order chi connectivity index (χ0) is 14.8. The lowest BCUT2D eigenvalue weighted by Gasteiger charge is -2.32. The monoisotopic (exact) mass is 283 g/mol. The minimum atomic E-state index is -0.0360. The summed E-state index contributed by atoms with van der Waals surface area (Å²) in [6.45, 7) is 4.79. The van der Waals surface area contributed by atoms with Gasteiger partial charge in [-0.1, -0.05) is 41.5 Å². The Labute approximate surface area is 125 Å². The molecule has 0 saturated heterocycles. The average Bonchev–Trinajstić information content (AvgIpc) is 2.47. The van der Waals surface area contributed by atoms with Gasteiger partial charge in [-0.25, -0.2) is 0 Å². The van der Waals surface area contributed by atoms with Crippen LogP contribution in [0, 0.1) is 13.8 Å². The van der Waals surface area contributed by atoms with E-state index in [4.69, 9.17) is 9.47 Å². The Morgan fingerprint density at radius 1 is 1.05 bits per heavy atom. The topological polar surface area (TPSA) is 30.5 Å². The maximum absolute atomic E-state index is 6.13. The number of rotatable bonds is 3. The lowest BCUT2D eigenvalue weighted by Crippen LogP contribution is -2.40. The zero-order valence-corrected chi connectivity index (χ0v) is 12.7. The lowest BCUT2D eigenvalue weighted by molar-refractivity contribution is 0.0638. The van der Waals surface area contributed by atoms with Crippen molar-refractivity contribution >= 4 is 0 Å². The molecule has 1 heterocycles. The van der Waals surface area contributed by atoms with E-state index in [1.807, 2.05) is 31.3 Å². The van der Waals surface area contributed by atoms with Gasteiger partial charge in [0.25, 0.3) is 0 Å². The molecule has 0 spiro atoms. The Kier molecular flexibility index (Phi) is 3.84. The van der Waals surface area contributed by atoms with Gasteiger partial charge < -0.3 is 14.8 Å². The average molecular weight is 283 g/mol. The van der Waals surface area contributed by atoms with E-state index in [9.17, 15) is 0 Å². The van der Waals surface area contributed by atoms with Crippen molar-refractivity contribution in [1.29, 1.82) is 0 Å². The van der Waals surface area contributed by atoms with Crippen molar-refractivity contribution in [1.82, 2.24) is 5.32 Å². The second-order valence-corrected chi connectivity index (χ2v) is 5.60. The molecule has 0 radical (unpaired) electrons. The molecule has 2 atom stereocenters. The normalized spacial score (nSPS) is 18.3. The van der Waals surface area contributed by atoms with Gasteiger partial charge >= 0.3 is 0 Å². The fourth-order valence-corrected chi connectivity index (χ4v) is 2.96. The molecule has 0 saturated carbocycles. The SMILES string of the molecule is CNC(c1cc(C)cc(C)c1)C1COc2ccccc2O1. The molecule has 2 aromatic rings. The number of fused-ring (bicyclic) bond motifs is 1. The first-order valence-corrected chi connectivity index (χ1v) is 7.31. The number of hydrogen-bond acceptors (Lipinski definition) is 3. The molecule has 2 unspecified atom stereocenters. The van der Waals surface area contributed by atoms with E-state index in [-0.39, 0.29) is 12.1 Å². The van der Waals surface area contributed by atoms with Crippen LogP contribution in [0.4, 0.5) is 0 Å². The van der Waals surface area contributed by atoms with Crippen LogP contribution in [-0.4, -0.2) is 19.8 Å². The second kappa shape index (κ2) is 5.78. The largest absolute Gasteiger partial charge is 0.486 e. The second-order valence-electron chi connectivity index (χ2n) is 5.60. The zero-order valence-electron chi connectivity index (χ0n) is 12.7. The molecule has 3 heteroatoms. The molecule has 0 fully saturated rings. The molecular formula is C18H21NO2. The van der Waals surface area contributed by atoms with E-state index in [2.05, 4.69) is 37.4 Å². The highest BCUT2D eigenvalue weighted by Gasteiger charge is 2.29. The first kappa shape index (κ1) is 14.0. The fraction of sp³-hybridized carbons (Fsp3) is 0.333.